The van der Waals surface area contributed by atoms with E-state index in [1.165, 1.54) is 0 Å². The van der Waals surface area contributed by atoms with Crippen LogP contribution in [0.4, 0.5) is 0 Å². The van der Waals surface area contributed by atoms with Gasteiger partial charge in [0, 0.05) is 16.5 Å². The van der Waals surface area contributed by atoms with E-state index in [1.807, 2.05) is 35.3 Å². The van der Waals surface area contributed by atoms with Crippen LogP contribution in [0, 0.1) is 0 Å². The van der Waals surface area contributed by atoms with E-state index in [0.717, 1.165) is 21.7 Å². The summed E-state index contributed by atoms with van der Waals surface area (Å²) in [4.78, 5) is 13.8. The molecule has 0 fully saturated rings. The van der Waals surface area contributed by atoms with E-state index in [4.69, 9.17) is 4.43 Å². The Morgan fingerprint density at radius 1 is 1.22 bits per heavy atom. The first-order valence-corrected chi connectivity index (χ1v) is 12.7. The van der Waals surface area contributed by atoms with Crippen molar-refractivity contribution in [2.24, 2.45) is 0 Å². The van der Waals surface area contributed by atoms with Crippen molar-refractivity contribution in [3.8, 4) is 0 Å². The molecule has 2 aromatic heterocycles. The summed E-state index contributed by atoms with van der Waals surface area (Å²) in [6.07, 6.45) is 5.56. The first kappa shape index (κ1) is 19.8. The number of benzene rings is 1. The van der Waals surface area contributed by atoms with Crippen LogP contribution in [-0.4, -0.2) is 34.9 Å². The number of nitrogens with zero attached hydrogens (tertiary/aromatic N) is 3. The summed E-state index contributed by atoms with van der Waals surface area (Å²) in [5, 5.41) is 12.4. The number of aromatic nitrogens is 4. The third-order valence-corrected chi connectivity index (χ3v) is 10.5. The number of aromatic amines is 1. The molecule has 0 saturated heterocycles. The molecular weight excluding hydrogens is 376 g/mol. The Morgan fingerprint density at radius 2 is 2.00 bits per heavy atom. The van der Waals surface area contributed by atoms with Gasteiger partial charge in [0.05, 0.1) is 35.8 Å². The van der Waals surface area contributed by atoms with E-state index in [2.05, 4.69) is 49.2 Å². The van der Waals surface area contributed by atoms with Crippen LogP contribution >= 0.6 is 11.8 Å². The van der Waals surface area contributed by atoms with Crippen molar-refractivity contribution >= 4 is 30.9 Å². The molecule has 0 bridgehead atoms. The van der Waals surface area contributed by atoms with Crippen LogP contribution in [0.5, 0.6) is 0 Å². The lowest BCUT2D eigenvalue weighted by Gasteiger charge is -2.36. The molecule has 1 N–H and O–H groups in total. The first-order valence-electron chi connectivity index (χ1n) is 8.97. The van der Waals surface area contributed by atoms with Crippen molar-refractivity contribution in [2.45, 2.75) is 55.2 Å². The van der Waals surface area contributed by atoms with Crippen LogP contribution in [0.15, 0.2) is 51.4 Å². The summed E-state index contributed by atoms with van der Waals surface area (Å²) >= 11 is 1.62. The third-order valence-electron chi connectivity index (χ3n) is 5.07. The average Bonchev–Trinajstić information content (AvgIpc) is 3.01. The van der Waals surface area contributed by atoms with Crippen molar-refractivity contribution < 1.29 is 4.43 Å². The van der Waals surface area contributed by atoms with Crippen LogP contribution in [0.25, 0.3) is 10.8 Å². The fourth-order valence-electron chi connectivity index (χ4n) is 2.41. The zero-order chi connectivity index (χ0) is 19.7. The van der Waals surface area contributed by atoms with Crippen molar-refractivity contribution in [3.63, 3.8) is 0 Å². The van der Waals surface area contributed by atoms with Gasteiger partial charge in [0.2, 0.25) is 0 Å². The number of H-pyrrole nitrogens is 1. The number of fused-ring (bicyclic) bond motifs is 1. The number of hydrogen-bond donors (Lipinski definition) is 1. The second-order valence-corrected chi connectivity index (χ2v) is 14.1. The number of rotatable bonds is 6. The highest BCUT2D eigenvalue weighted by Crippen LogP contribution is 2.36. The molecule has 0 spiro atoms. The highest BCUT2D eigenvalue weighted by atomic mass is 32.2. The Morgan fingerprint density at radius 3 is 2.74 bits per heavy atom. The minimum absolute atomic E-state index is 0.168. The maximum Gasteiger partial charge on any atom is 0.272 e. The maximum atomic E-state index is 11.7. The molecule has 0 unspecified atom stereocenters. The minimum Gasteiger partial charge on any atom is -0.415 e. The lowest BCUT2D eigenvalue weighted by molar-refractivity contribution is 0.266. The van der Waals surface area contributed by atoms with Gasteiger partial charge in [-0.25, -0.2) is 5.10 Å². The second-order valence-electron chi connectivity index (χ2n) is 8.10. The van der Waals surface area contributed by atoms with E-state index >= 15 is 0 Å². The second kappa shape index (κ2) is 7.61. The molecule has 8 heteroatoms. The van der Waals surface area contributed by atoms with E-state index in [9.17, 15) is 4.79 Å². The quantitative estimate of drug-likeness (QED) is 0.623. The van der Waals surface area contributed by atoms with E-state index < -0.39 is 8.32 Å². The molecule has 0 amide bonds. The fourth-order valence-corrected chi connectivity index (χ4v) is 4.31. The molecule has 2 heterocycles. The summed E-state index contributed by atoms with van der Waals surface area (Å²) < 4.78 is 8.14. The summed E-state index contributed by atoms with van der Waals surface area (Å²) in [6.45, 7) is 12.7. The van der Waals surface area contributed by atoms with Gasteiger partial charge in [0.15, 0.2) is 8.32 Å². The highest BCUT2D eigenvalue weighted by Gasteiger charge is 2.36. The Hall–Kier alpha value is -1.90. The Bertz CT molecular complexity index is 991. The lowest BCUT2D eigenvalue weighted by atomic mass is 10.2. The first-order chi connectivity index (χ1) is 12.7. The van der Waals surface area contributed by atoms with Crippen molar-refractivity contribution in [2.75, 3.05) is 6.61 Å². The molecular formula is C19H26N4O2SSi. The van der Waals surface area contributed by atoms with E-state index in [1.54, 1.807) is 18.0 Å². The zero-order valence-corrected chi connectivity index (χ0v) is 18.3. The summed E-state index contributed by atoms with van der Waals surface area (Å²) in [6, 6.07) is 5.75. The van der Waals surface area contributed by atoms with E-state index in [-0.39, 0.29) is 10.6 Å². The van der Waals surface area contributed by atoms with E-state index in [0.29, 0.717) is 12.0 Å². The Kier molecular flexibility index (Phi) is 5.59. The van der Waals surface area contributed by atoms with Crippen LogP contribution in [0.3, 0.4) is 0 Å². The van der Waals surface area contributed by atoms with Crippen molar-refractivity contribution in [1.82, 2.24) is 20.0 Å². The van der Waals surface area contributed by atoms with Gasteiger partial charge in [-0.1, -0.05) is 32.5 Å². The van der Waals surface area contributed by atoms with Gasteiger partial charge in [-0.2, -0.15) is 10.2 Å². The molecule has 3 aromatic rings. The molecule has 1 aromatic carbocycles. The van der Waals surface area contributed by atoms with Crippen molar-refractivity contribution in [1.29, 1.82) is 0 Å². The molecule has 144 valence electrons. The number of nitrogens with one attached hydrogen (secondary N) is 1. The van der Waals surface area contributed by atoms with Gasteiger partial charge in [-0.3, -0.25) is 9.48 Å². The molecule has 0 aliphatic carbocycles. The van der Waals surface area contributed by atoms with Crippen LogP contribution < -0.4 is 5.56 Å². The molecule has 0 aliphatic heterocycles. The SMILES string of the molecule is CC(C)(C)[Si](C)(C)OCCn1cc(Sc2ccc3c(=O)[nH]ncc3c2)cn1. The van der Waals surface area contributed by atoms with Crippen LogP contribution in [-0.2, 0) is 11.0 Å². The van der Waals surface area contributed by atoms with Crippen LogP contribution in [0.2, 0.25) is 18.1 Å². The predicted octanol–water partition coefficient (Wildman–Crippen LogP) is 4.29. The maximum absolute atomic E-state index is 11.7. The standard InChI is InChI=1S/C19H26N4O2SSi/c1-19(2,3)27(4,5)25-9-8-23-13-16(12-21-23)26-15-6-7-17-14(10-15)11-20-22-18(17)24/h6-7,10-13H,8-9H2,1-5H3,(H,22,24). The summed E-state index contributed by atoms with van der Waals surface area (Å²) in [7, 11) is -1.72. The highest BCUT2D eigenvalue weighted by molar-refractivity contribution is 7.99. The molecule has 6 nitrogen and oxygen atoms in total. The zero-order valence-electron chi connectivity index (χ0n) is 16.4. The Balaban J connectivity index is 1.62. The fraction of sp³-hybridized carbons (Fsp3) is 0.421. The van der Waals surface area contributed by atoms with Gasteiger partial charge in [-0.15, -0.1) is 0 Å². The molecule has 27 heavy (non-hydrogen) atoms. The monoisotopic (exact) mass is 402 g/mol. The van der Waals surface area contributed by atoms with Gasteiger partial charge >= 0.3 is 0 Å². The lowest BCUT2D eigenvalue weighted by Crippen LogP contribution is -2.41. The smallest absolute Gasteiger partial charge is 0.272 e. The minimum atomic E-state index is -1.72. The van der Waals surface area contributed by atoms with Gasteiger partial charge in [0.25, 0.3) is 5.56 Å². The largest absolute Gasteiger partial charge is 0.415 e. The average molecular weight is 403 g/mol. The van der Waals surface area contributed by atoms with Gasteiger partial charge < -0.3 is 4.43 Å². The molecule has 0 atom stereocenters. The van der Waals surface area contributed by atoms with Crippen molar-refractivity contribution in [3.05, 3.63) is 47.1 Å². The third kappa shape index (κ3) is 4.69. The molecule has 3 rings (SSSR count). The molecule has 0 saturated carbocycles. The topological polar surface area (TPSA) is 72.8 Å². The molecule has 0 radical (unpaired) electrons. The summed E-state index contributed by atoms with van der Waals surface area (Å²) in [5.41, 5.74) is -0.168. The Labute approximate surface area is 164 Å². The van der Waals surface area contributed by atoms with Gasteiger partial charge in [0.1, 0.15) is 0 Å². The van der Waals surface area contributed by atoms with Gasteiger partial charge in [-0.05, 0) is 36.3 Å². The number of hydrogen-bond acceptors (Lipinski definition) is 5. The predicted molar refractivity (Wildman–Crippen MR) is 112 cm³/mol. The van der Waals surface area contributed by atoms with Crippen LogP contribution in [0.1, 0.15) is 20.8 Å². The summed E-state index contributed by atoms with van der Waals surface area (Å²) in [5.74, 6) is 0. The normalized spacial score (nSPS) is 12.6. The molecule has 0 aliphatic rings.